The quantitative estimate of drug-likeness (QED) is 0.734. The van der Waals surface area contributed by atoms with Gasteiger partial charge in [0.15, 0.2) is 0 Å². The molecule has 0 unspecified atom stereocenters. The smallest absolute Gasteiger partial charge is 0.119 e. The number of ether oxygens (including phenoxy) is 1. The van der Waals surface area contributed by atoms with E-state index < -0.39 is 6.10 Å². The number of rotatable bonds is 6. The zero-order valence-corrected chi connectivity index (χ0v) is 9.50. The van der Waals surface area contributed by atoms with Gasteiger partial charge in [0, 0.05) is 12.2 Å². The summed E-state index contributed by atoms with van der Waals surface area (Å²) in [5.74, 6) is 1.09. The molecule has 0 fully saturated rings. The van der Waals surface area contributed by atoms with E-state index in [1.165, 1.54) is 0 Å². The summed E-state index contributed by atoms with van der Waals surface area (Å²) < 4.78 is 5.31. The van der Waals surface area contributed by atoms with Crippen LogP contribution in [0.25, 0.3) is 0 Å². The van der Waals surface area contributed by atoms with Crippen LogP contribution in [0.4, 0.5) is 5.69 Å². The molecule has 1 aromatic carbocycles. The summed E-state index contributed by atoms with van der Waals surface area (Å²) in [6.45, 7) is 3.07. The number of aliphatic hydroxyl groups excluding tert-OH is 1. The van der Waals surface area contributed by atoms with Crippen molar-refractivity contribution in [3.05, 3.63) is 24.3 Å². The van der Waals surface area contributed by atoms with Crippen molar-refractivity contribution < 1.29 is 9.84 Å². The van der Waals surface area contributed by atoms with E-state index in [1.807, 2.05) is 31.2 Å². The van der Waals surface area contributed by atoms with Crippen molar-refractivity contribution in [3.8, 4) is 5.75 Å². The number of hydrogen-bond donors (Lipinski definition) is 2. The van der Waals surface area contributed by atoms with E-state index in [2.05, 4.69) is 5.32 Å². The van der Waals surface area contributed by atoms with Crippen LogP contribution in [-0.2, 0) is 0 Å². The van der Waals surface area contributed by atoms with Crippen molar-refractivity contribution >= 4 is 17.3 Å². The van der Waals surface area contributed by atoms with Crippen molar-refractivity contribution in [2.75, 3.05) is 24.3 Å². The molecule has 4 heteroatoms. The standard InChI is InChI=1S/C11H16ClNO2/c1-2-15-11-5-3-9(4-6-11)13-8-10(14)7-12/h3-6,10,13-14H,2,7-8H2,1H3/t10-/m1/s1. The molecule has 0 heterocycles. The number of anilines is 1. The molecule has 1 aromatic rings. The highest BCUT2D eigenvalue weighted by Gasteiger charge is 2.01. The van der Waals surface area contributed by atoms with Gasteiger partial charge in [-0.2, -0.15) is 0 Å². The predicted molar refractivity (Wildman–Crippen MR) is 62.8 cm³/mol. The Labute approximate surface area is 95.0 Å². The first-order chi connectivity index (χ1) is 7.26. The van der Waals surface area contributed by atoms with Crippen molar-refractivity contribution in [2.24, 2.45) is 0 Å². The van der Waals surface area contributed by atoms with Crippen molar-refractivity contribution in [1.29, 1.82) is 0 Å². The molecule has 0 aliphatic heterocycles. The van der Waals surface area contributed by atoms with Crippen LogP contribution in [0, 0.1) is 0 Å². The number of aliphatic hydroxyl groups is 1. The minimum Gasteiger partial charge on any atom is -0.494 e. The highest BCUT2D eigenvalue weighted by molar-refractivity contribution is 6.18. The first-order valence-electron chi connectivity index (χ1n) is 4.97. The van der Waals surface area contributed by atoms with Crippen LogP contribution in [0.3, 0.4) is 0 Å². The lowest BCUT2D eigenvalue weighted by Gasteiger charge is -2.10. The first-order valence-corrected chi connectivity index (χ1v) is 5.50. The maximum Gasteiger partial charge on any atom is 0.119 e. The van der Waals surface area contributed by atoms with E-state index in [1.54, 1.807) is 0 Å². The van der Waals surface area contributed by atoms with Gasteiger partial charge in [0.1, 0.15) is 5.75 Å². The second-order valence-corrected chi connectivity index (χ2v) is 3.46. The molecule has 0 saturated heterocycles. The number of nitrogens with one attached hydrogen (secondary N) is 1. The second kappa shape index (κ2) is 6.53. The van der Waals surface area contributed by atoms with E-state index in [-0.39, 0.29) is 5.88 Å². The second-order valence-electron chi connectivity index (χ2n) is 3.15. The summed E-state index contributed by atoms with van der Waals surface area (Å²) >= 11 is 5.47. The van der Waals surface area contributed by atoms with Crippen LogP contribution in [0.5, 0.6) is 5.75 Å². The molecule has 2 N–H and O–H groups in total. The van der Waals surface area contributed by atoms with E-state index in [0.717, 1.165) is 11.4 Å². The Balaban J connectivity index is 2.42. The SMILES string of the molecule is CCOc1ccc(NC[C@H](O)CCl)cc1. The molecule has 0 aliphatic rings. The minimum atomic E-state index is -0.516. The third-order valence-corrected chi connectivity index (χ3v) is 2.24. The van der Waals surface area contributed by atoms with Crippen LogP contribution < -0.4 is 10.1 Å². The van der Waals surface area contributed by atoms with Crippen molar-refractivity contribution in [3.63, 3.8) is 0 Å². The molecular weight excluding hydrogens is 214 g/mol. The Morgan fingerprint density at radius 2 is 2.07 bits per heavy atom. The normalized spacial score (nSPS) is 12.2. The number of alkyl halides is 1. The van der Waals surface area contributed by atoms with E-state index >= 15 is 0 Å². The molecule has 3 nitrogen and oxygen atoms in total. The van der Waals surface area contributed by atoms with Gasteiger partial charge in [-0.15, -0.1) is 11.6 Å². The molecule has 84 valence electrons. The third-order valence-electron chi connectivity index (χ3n) is 1.89. The average Bonchev–Trinajstić information content (AvgIpc) is 2.28. The fourth-order valence-corrected chi connectivity index (χ4v) is 1.24. The zero-order chi connectivity index (χ0) is 11.1. The van der Waals surface area contributed by atoms with Crippen LogP contribution in [0.2, 0.25) is 0 Å². The van der Waals surface area contributed by atoms with Gasteiger partial charge < -0.3 is 15.2 Å². The molecule has 0 bridgehead atoms. The highest BCUT2D eigenvalue weighted by Crippen LogP contribution is 2.15. The molecule has 0 aromatic heterocycles. The number of halogens is 1. The highest BCUT2D eigenvalue weighted by atomic mass is 35.5. The fourth-order valence-electron chi connectivity index (χ4n) is 1.13. The van der Waals surface area contributed by atoms with E-state index in [4.69, 9.17) is 16.3 Å². The topological polar surface area (TPSA) is 41.5 Å². The molecular formula is C11H16ClNO2. The summed E-state index contributed by atoms with van der Waals surface area (Å²) in [5, 5.41) is 12.3. The van der Waals surface area contributed by atoms with Crippen LogP contribution in [-0.4, -0.2) is 30.2 Å². The van der Waals surface area contributed by atoms with Crippen molar-refractivity contribution in [1.82, 2.24) is 0 Å². The third kappa shape index (κ3) is 4.40. The molecule has 0 saturated carbocycles. The monoisotopic (exact) mass is 229 g/mol. The Morgan fingerprint density at radius 3 is 2.60 bits per heavy atom. The molecule has 0 amide bonds. The largest absolute Gasteiger partial charge is 0.494 e. The van der Waals surface area contributed by atoms with Gasteiger partial charge in [0.05, 0.1) is 18.6 Å². The Morgan fingerprint density at radius 1 is 1.40 bits per heavy atom. The minimum absolute atomic E-state index is 0.240. The number of hydrogen-bond acceptors (Lipinski definition) is 3. The van der Waals surface area contributed by atoms with Gasteiger partial charge in [-0.1, -0.05) is 0 Å². The van der Waals surface area contributed by atoms with Gasteiger partial charge >= 0.3 is 0 Å². The van der Waals surface area contributed by atoms with Gasteiger partial charge in [0.25, 0.3) is 0 Å². The lowest BCUT2D eigenvalue weighted by Crippen LogP contribution is -2.20. The fraction of sp³-hybridized carbons (Fsp3) is 0.455. The summed E-state index contributed by atoms with van der Waals surface area (Å²) in [6, 6.07) is 7.59. The summed E-state index contributed by atoms with van der Waals surface area (Å²) in [6.07, 6.45) is -0.516. The Hall–Kier alpha value is -0.930. The summed E-state index contributed by atoms with van der Waals surface area (Å²) in [5.41, 5.74) is 0.947. The number of benzene rings is 1. The lowest BCUT2D eigenvalue weighted by atomic mass is 10.3. The molecule has 0 spiro atoms. The van der Waals surface area contributed by atoms with Crippen LogP contribution >= 0.6 is 11.6 Å². The zero-order valence-electron chi connectivity index (χ0n) is 8.74. The maximum absolute atomic E-state index is 9.24. The van der Waals surface area contributed by atoms with Crippen LogP contribution in [0.1, 0.15) is 6.92 Å². The van der Waals surface area contributed by atoms with Gasteiger partial charge in [-0.25, -0.2) is 0 Å². The molecule has 15 heavy (non-hydrogen) atoms. The summed E-state index contributed by atoms with van der Waals surface area (Å²) in [4.78, 5) is 0. The summed E-state index contributed by atoms with van der Waals surface area (Å²) in [7, 11) is 0. The Bertz CT molecular complexity index is 276. The first kappa shape index (κ1) is 12.1. The molecule has 0 aliphatic carbocycles. The van der Waals surface area contributed by atoms with Gasteiger partial charge in [0.2, 0.25) is 0 Å². The maximum atomic E-state index is 9.24. The predicted octanol–water partition coefficient (Wildman–Crippen LogP) is 2.10. The van der Waals surface area contributed by atoms with E-state index in [9.17, 15) is 5.11 Å². The van der Waals surface area contributed by atoms with Gasteiger partial charge in [-0.3, -0.25) is 0 Å². The van der Waals surface area contributed by atoms with E-state index in [0.29, 0.717) is 13.2 Å². The van der Waals surface area contributed by atoms with Gasteiger partial charge in [-0.05, 0) is 31.2 Å². The molecule has 0 radical (unpaired) electrons. The average molecular weight is 230 g/mol. The molecule has 1 rings (SSSR count). The Kier molecular flexibility index (Phi) is 5.29. The van der Waals surface area contributed by atoms with Crippen molar-refractivity contribution in [2.45, 2.75) is 13.0 Å². The molecule has 1 atom stereocenters. The van der Waals surface area contributed by atoms with Crippen LogP contribution in [0.15, 0.2) is 24.3 Å². The lowest BCUT2D eigenvalue weighted by molar-refractivity contribution is 0.211.